The number of urea groups is 1. The molecule has 0 radical (unpaired) electrons. The van der Waals surface area contributed by atoms with Crippen LogP contribution in [0.25, 0.3) is 0 Å². The Bertz CT molecular complexity index is 638. The van der Waals surface area contributed by atoms with Crippen molar-refractivity contribution < 1.29 is 9.53 Å². The Kier molecular flexibility index (Phi) is 6.30. The molecule has 0 aliphatic carbocycles. The van der Waals surface area contributed by atoms with Crippen molar-refractivity contribution in [2.24, 2.45) is 0 Å². The van der Waals surface area contributed by atoms with Crippen molar-refractivity contribution in [1.82, 2.24) is 10.3 Å². The molecule has 2 aromatic rings. The highest BCUT2D eigenvalue weighted by molar-refractivity contribution is 6.32. The molecule has 2 rings (SSSR count). The zero-order chi connectivity index (χ0) is 15.8. The van der Waals surface area contributed by atoms with Gasteiger partial charge in [0.05, 0.1) is 17.3 Å². The molecule has 0 atom stereocenters. The minimum Gasteiger partial charge on any atom is -0.492 e. The van der Waals surface area contributed by atoms with Gasteiger partial charge in [-0.05, 0) is 30.7 Å². The van der Waals surface area contributed by atoms with E-state index in [-0.39, 0.29) is 11.2 Å². The minimum absolute atomic E-state index is 0.250. The maximum absolute atomic E-state index is 11.7. The van der Waals surface area contributed by atoms with E-state index >= 15 is 0 Å². The minimum atomic E-state index is -0.340. The lowest BCUT2D eigenvalue weighted by Crippen LogP contribution is -2.30. The number of hydrogen-bond acceptors (Lipinski definition) is 3. The van der Waals surface area contributed by atoms with Crippen LogP contribution in [0, 0.1) is 0 Å². The smallest absolute Gasteiger partial charge is 0.319 e. The molecule has 7 heteroatoms. The number of hydrogen-bond donors (Lipinski definition) is 2. The number of anilines is 1. The molecule has 22 heavy (non-hydrogen) atoms. The summed E-state index contributed by atoms with van der Waals surface area (Å²) in [5.41, 5.74) is 0.467. The lowest BCUT2D eigenvalue weighted by Gasteiger charge is -2.09. The van der Waals surface area contributed by atoms with E-state index < -0.39 is 0 Å². The summed E-state index contributed by atoms with van der Waals surface area (Å²) in [7, 11) is 0. The van der Waals surface area contributed by atoms with Gasteiger partial charge in [0.1, 0.15) is 5.75 Å². The quantitative estimate of drug-likeness (QED) is 0.618. The fourth-order valence-electron chi connectivity index (χ4n) is 1.66. The van der Waals surface area contributed by atoms with Gasteiger partial charge >= 0.3 is 6.03 Å². The van der Waals surface area contributed by atoms with E-state index in [4.69, 9.17) is 27.9 Å². The van der Waals surface area contributed by atoms with Gasteiger partial charge in [-0.25, -0.2) is 9.78 Å². The van der Waals surface area contributed by atoms with Gasteiger partial charge in [-0.3, -0.25) is 0 Å². The number of amides is 2. The van der Waals surface area contributed by atoms with Crippen LogP contribution in [0.3, 0.4) is 0 Å². The predicted octanol–water partition coefficient (Wildman–Crippen LogP) is 3.98. The van der Waals surface area contributed by atoms with Gasteiger partial charge in [-0.15, -0.1) is 0 Å². The molecule has 0 unspecified atom stereocenters. The Hall–Kier alpha value is -1.98. The molecule has 5 nitrogen and oxygen atoms in total. The van der Waals surface area contributed by atoms with E-state index in [1.807, 2.05) is 12.1 Å². The number of benzene rings is 1. The third kappa shape index (κ3) is 5.09. The van der Waals surface area contributed by atoms with Gasteiger partial charge in [0.25, 0.3) is 0 Å². The molecule has 0 fully saturated rings. The van der Waals surface area contributed by atoms with Crippen LogP contribution in [0.2, 0.25) is 10.2 Å². The highest BCUT2D eigenvalue weighted by Gasteiger charge is 2.05. The van der Waals surface area contributed by atoms with Crippen LogP contribution in [-0.4, -0.2) is 24.2 Å². The second-order valence-electron chi connectivity index (χ2n) is 4.36. The summed E-state index contributed by atoms with van der Waals surface area (Å²) >= 11 is 11.8. The van der Waals surface area contributed by atoms with Crippen LogP contribution < -0.4 is 15.4 Å². The first-order valence-electron chi connectivity index (χ1n) is 6.69. The summed E-state index contributed by atoms with van der Waals surface area (Å²) in [5.74, 6) is 0.635. The Morgan fingerprint density at radius 3 is 2.77 bits per heavy atom. The van der Waals surface area contributed by atoms with Gasteiger partial charge in [0, 0.05) is 12.7 Å². The molecular formula is C15H15Cl2N3O2. The molecule has 0 aliphatic rings. The van der Waals surface area contributed by atoms with Crippen LogP contribution in [0.5, 0.6) is 5.75 Å². The zero-order valence-corrected chi connectivity index (χ0v) is 13.2. The standard InChI is InChI=1S/C15H15Cl2N3O2/c16-11-5-1-2-7-13(11)22-10-4-9-19-15(21)20-12-6-3-8-18-14(12)17/h1-3,5-8H,4,9-10H2,(H2,19,20,21). The van der Waals surface area contributed by atoms with E-state index in [1.54, 1.807) is 30.5 Å². The average molecular weight is 340 g/mol. The number of para-hydroxylation sites is 1. The number of carbonyl (C=O) groups is 1. The van der Waals surface area contributed by atoms with Crippen molar-refractivity contribution in [3.05, 3.63) is 52.8 Å². The normalized spacial score (nSPS) is 10.1. The van der Waals surface area contributed by atoms with Crippen molar-refractivity contribution >= 4 is 34.9 Å². The molecule has 1 aromatic carbocycles. The third-order valence-corrected chi connectivity index (χ3v) is 3.32. The first-order chi connectivity index (χ1) is 10.7. The molecule has 0 saturated carbocycles. The summed E-state index contributed by atoms with van der Waals surface area (Å²) in [4.78, 5) is 15.6. The van der Waals surface area contributed by atoms with Gasteiger partial charge in [-0.1, -0.05) is 35.3 Å². The van der Waals surface area contributed by atoms with E-state index in [9.17, 15) is 4.79 Å². The van der Waals surface area contributed by atoms with Crippen molar-refractivity contribution in [2.75, 3.05) is 18.5 Å². The fraction of sp³-hybridized carbons (Fsp3) is 0.200. The van der Waals surface area contributed by atoms with Gasteiger partial charge in [0.2, 0.25) is 0 Å². The number of carbonyl (C=O) groups excluding carboxylic acids is 1. The highest BCUT2D eigenvalue weighted by Crippen LogP contribution is 2.23. The summed E-state index contributed by atoms with van der Waals surface area (Å²) in [6.07, 6.45) is 2.21. The topological polar surface area (TPSA) is 63.2 Å². The maximum atomic E-state index is 11.7. The highest BCUT2D eigenvalue weighted by atomic mass is 35.5. The number of rotatable bonds is 6. The second-order valence-corrected chi connectivity index (χ2v) is 5.12. The summed E-state index contributed by atoms with van der Waals surface area (Å²) in [6, 6.07) is 10.3. The average Bonchev–Trinajstić information content (AvgIpc) is 2.51. The molecule has 0 bridgehead atoms. The molecule has 116 valence electrons. The van der Waals surface area contributed by atoms with Crippen LogP contribution >= 0.6 is 23.2 Å². The number of pyridine rings is 1. The number of nitrogens with zero attached hydrogens (tertiary/aromatic N) is 1. The van der Waals surface area contributed by atoms with Crippen LogP contribution in [-0.2, 0) is 0 Å². The van der Waals surface area contributed by atoms with Gasteiger partial charge in [-0.2, -0.15) is 0 Å². The number of halogens is 2. The maximum Gasteiger partial charge on any atom is 0.319 e. The van der Waals surface area contributed by atoms with Crippen LogP contribution in [0.15, 0.2) is 42.6 Å². The Balaban J connectivity index is 1.65. The van der Waals surface area contributed by atoms with E-state index in [0.29, 0.717) is 36.0 Å². The van der Waals surface area contributed by atoms with Crippen molar-refractivity contribution in [1.29, 1.82) is 0 Å². The Morgan fingerprint density at radius 1 is 1.18 bits per heavy atom. The van der Waals surface area contributed by atoms with E-state index in [0.717, 1.165) is 0 Å². The molecule has 1 heterocycles. The van der Waals surface area contributed by atoms with Crippen LogP contribution in [0.4, 0.5) is 10.5 Å². The first kappa shape index (κ1) is 16.4. The molecule has 2 N–H and O–H groups in total. The fourth-order valence-corrected chi connectivity index (χ4v) is 2.02. The van der Waals surface area contributed by atoms with E-state index in [1.165, 1.54) is 0 Å². The first-order valence-corrected chi connectivity index (χ1v) is 7.45. The molecule has 1 aromatic heterocycles. The molecule has 0 spiro atoms. The number of nitrogens with one attached hydrogen (secondary N) is 2. The monoisotopic (exact) mass is 339 g/mol. The summed E-state index contributed by atoms with van der Waals surface area (Å²) in [5, 5.41) is 6.15. The SMILES string of the molecule is O=C(NCCCOc1ccccc1Cl)Nc1cccnc1Cl. The van der Waals surface area contributed by atoms with E-state index in [2.05, 4.69) is 15.6 Å². The van der Waals surface area contributed by atoms with Gasteiger partial charge < -0.3 is 15.4 Å². The third-order valence-electron chi connectivity index (χ3n) is 2.71. The largest absolute Gasteiger partial charge is 0.492 e. The lowest BCUT2D eigenvalue weighted by molar-refractivity contribution is 0.250. The Morgan fingerprint density at radius 2 is 2.00 bits per heavy atom. The Labute approximate surface area is 138 Å². The summed E-state index contributed by atoms with van der Waals surface area (Å²) in [6.45, 7) is 0.922. The van der Waals surface area contributed by atoms with Crippen molar-refractivity contribution in [2.45, 2.75) is 6.42 Å². The zero-order valence-electron chi connectivity index (χ0n) is 11.7. The number of aromatic nitrogens is 1. The van der Waals surface area contributed by atoms with Gasteiger partial charge in [0.15, 0.2) is 5.15 Å². The van der Waals surface area contributed by atoms with Crippen molar-refractivity contribution in [3.8, 4) is 5.75 Å². The number of ether oxygens (including phenoxy) is 1. The van der Waals surface area contributed by atoms with Crippen LogP contribution in [0.1, 0.15) is 6.42 Å². The van der Waals surface area contributed by atoms with Crippen molar-refractivity contribution in [3.63, 3.8) is 0 Å². The predicted molar refractivity (Wildman–Crippen MR) is 87.8 cm³/mol. The molecule has 2 amide bonds. The summed E-state index contributed by atoms with van der Waals surface area (Å²) < 4.78 is 5.52. The molecular weight excluding hydrogens is 325 g/mol. The second kappa shape index (κ2) is 8.46. The molecule has 0 saturated heterocycles. The lowest BCUT2D eigenvalue weighted by atomic mass is 10.3. The molecule has 0 aliphatic heterocycles.